The number of allylic oxidation sites excluding steroid dienone is 1. The van der Waals surface area contributed by atoms with Crippen LogP contribution in [0.15, 0.2) is 43.1 Å². The molecule has 0 atom stereocenters. The fourth-order valence-electron chi connectivity index (χ4n) is 1.89. The monoisotopic (exact) mass is 213 g/mol. The zero-order valence-electron chi connectivity index (χ0n) is 9.23. The number of benzene rings is 1. The van der Waals surface area contributed by atoms with Gasteiger partial charge in [-0.05, 0) is 37.1 Å². The number of fused-ring (bicyclic) bond motifs is 1. The van der Waals surface area contributed by atoms with E-state index in [1.165, 1.54) is 5.52 Å². The molecule has 82 valence electrons. The van der Waals surface area contributed by atoms with Crippen LogP contribution in [0, 0.1) is 0 Å². The summed E-state index contributed by atoms with van der Waals surface area (Å²) in [6.07, 6.45) is 7.03. The third-order valence-electron chi connectivity index (χ3n) is 2.74. The number of hydrogen-bond acceptors (Lipinski definition) is 1. The molecule has 0 radical (unpaired) electrons. The Hall–Kier alpha value is -1.83. The summed E-state index contributed by atoms with van der Waals surface area (Å²) in [5.41, 5.74) is 1.92. The Bertz CT molecular complexity index is 510. The maximum atomic E-state index is 10.6. The zero-order chi connectivity index (χ0) is 11.4. The van der Waals surface area contributed by atoms with E-state index in [-0.39, 0.29) is 0 Å². The van der Waals surface area contributed by atoms with Gasteiger partial charge in [0.05, 0.1) is 0 Å². The highest BCUT2D eigenvalue weighted by molar-refractivity contribution is 5.87. The number of unbranched alkanes of at least 4 members (excludes halogenated alkanes) is 1. The lowest BCUT2D eigenvalue weighted by Crippen LogP contribution is -1.95. The average Bonchev–Trinajstić information content (AvgIpc) is 2.72. The lowest BCUT2D eigenvalue weighted by Gasteiger charge is -2.03. The molecule has 0 aliphatic rings. The van der Waals surface area contributed by atoms with E-state index in [9.17, 15) is 4.79 Å². The van der Waals surface area contributed by atoms with Crippen LogP contribution in [-0.4, -0.2) is 10.9 Å². The van der Waals surface area contributed by atoms with Gasteiger partial charge in [-0.3, -0.25) is 4.79 Å². The van der Waals surface area contributed by atoms with E-state index >= 15 is 0 Å². The van der Waals surface area contributed by atoms with Crippen molar-refractivity contribution in [1.29, 1.82) is 0 Å². The topological polar surface area (TPSA) is 22.0 Å². The predicted molar refractivity (Wildman–Crippen MR) is 66.8 cm³/mol. The molecule has 0 fully saturated rings. The fourth-order valence-corrected chi connectivity index (χ4v) is 1.89. The van der Waals surface area contributed by atoms with E-state index in [4.69, 9.17) is 0 Å². The van der Waals surface area contributed by atoms with Crippen molar-refractivity contribution in [2.75, 3.05) is 0 Å². The minimum absolute atomic E-state index is 0.733. The molecule has 0 N–H and O–H groups in total. The molecule has 0 aliphatic heterocycles. The molecule has 1 heterocycles. The van der Waals surface area contributed by atoms with E-state index in [0.717, 1.165) is 36.6 Å². The number of hydrogen-bond donors (Lipinski definition) is 0. The molecule has 0 spiro atoms. The van der Waals surface area contributed by atoms with Crippen LogP contribution in [0.5, 0.6) is 0 Å². The lowest BCUT2D eigenvalue weighted by molar-refractivity contribution is 0.112. The zero-order valence-corrected chi connectivity index (χ0v) is 9.23. The second-order valence-corrected chi connectivity index (χ2v) is 3.88. The molecule has 2 nitrogen and oxygen atoms in total. The normalized spacial score (nSPS) is 10.5. The van der Waals surface area contributed by atoms with E-state index in [1.54, 1.807) is 0 Å². The van der Waals surface area contributed by atoms with Crippen molar-refractivity contribution in [2.24, 2.45) is 0 Å². The lowest BCUT2D eigenvalue weighted by atomic mass is 10.2. The smallest absolute Gasteiger partial charge is 0.150 e. The van der Waals surface area contributed by atoms with Crippen molar-refractivity contribution in [3.05, 3.63) is 48.7 Å². The molecular weight excluding hydrogens is 198 g/mol. The number of aromatic nitrogens is 1. The highest BCUT2D eigenvalue weighted by Crippen LogP contribution is 2.17. The first-order valence-electron chi connectivity index (χ1n) is 5.50. The van der Waals surface area contributed by atoms with Gasteiger partial charge in [0.2, 0.25) is 0 Å². The van der Waals surface area contributed by atoms with Gasteiger partial charge in [0, 0.05) is 29.2 Å². The molecule has 0 unspecified atom stereocenters. The highest BCUT2D eigenvalue weighted by Gasteiger charge is 2.01. The maximum absolute atomic E-state index is 10.6. The van der Waals surface area contributed by atoms with Gasteiger partial charge < -0.3 is 4.57 Å². The van der Waals surface area contributed by atoms with Crippen molar-refractivity contribution < 1.29 is 4.79 Å². The minimum atomic E-state index is 0.733. The molecular formula is C14H15NO. The molecule has 0 saturated carbocycles. The van der Waals surface area contributed by atoms with Gasteiger partial charge >= 0.3 is 0 Å². The number of carbonyl (C=O) groups excluding carboxylic acids is 1. The van der Waals surface area contributed by atoms with Gasteiger partial charge in [-0.15, -0.1) is 6.58 Å². The van der Waals surface area contributed by atoms with Crippen LogP contribution in [0.2, 0.25) is 0 Å². The SMILES string of the molecule is C=CCCCn1ccc2cc(C=O)ccc21. The van der Waals surface area contributed by atoms with Gasteiger partial charge in [0.1, 0.15) is 6.29 Å². The standard InChI is InChI=1S/C14H15NO/c1-2-3-4-8-15-9-7-13-10-12(11-16)5-6-14(13)15/h2,5-7,9-11H,1,3-4,8H2. The molecule has 1 aromatic heterocycles. The minimum Gasteiger partial charge on any atom is -0.347 e. The Kier molecular flexibility index (Phi) is 3.20. The van der Waals surface area contributed by atoms with E-state index in [2.05, 4.69) is 23.4 Å². The van der Waals surface area contributed by atoms with Gasteiger partial charge in [0.15, 0.2) is 0 Å². The van der Waals surface area contributed by atoms with Crippen LogP contribution >= 0.6 is 0 Å². The van der Waals surface area contributed by atoms with Crippen LogP contribution in [0.3, 0.4) is 0 Å². The predicted octanol–water partition coefficient (Wildman–Crippen LogP) is 3.42. The summed E-state index contributed by atoms with van der Waals surface area (Å²) in [6.45, 7) is 4.71. The van der Waals surface area contributed by atoms with E-state index in [0.29, 0.717) is 0 Å². The number of nitrogens with zero attached hydrogens (tertiary/aromatic N) is 1. The summed E-state index contributed by atoms with van der Waals surface area (Å²) in [6, 6.07) is 7.84. The fraction of sp³-hybridized carbons (Fsp3) is 0.214. The molecule has 2 heteroatoms. The highest BCUT2D eigenvalue weighted by atomic mass is 16.1. The van der Waals surface area contributed by atoms with Gasteiger partial charge in [-0.1, -0.05) is 6.08 Å². The van der Waals surface area contributed by atoms with Crippen molar-refractivity contribution in [2.45, 2.75) is 19.4 Å². The van der Waals surface area contributed by atoms with Crippen LogP contribution in [0.4, 0.5) is 0 Å². The summed E-state index contributed by atoms with van der Waals surface area (Å²) in [7, 11) is 0. The maximum Gasteiger partial charge on any atom is 0.150 e. The van der Waals surface area contributed by atoms with Gasteiger partial charge in [-0.2, -0.15) is 0 Å². The van der Waals surface area contributed by atoms with Gasteiger partial charge in [0.25, 0.3) is 0 Å². The Balaban J connectivity index is 2.27. The van der Waals surface area contributed by atoms with Crippen molar-refractivity contribution in [1.82, 2.24) is 4.57 Å². The first-order chi connectivity index (χ1) is 7.85. The Morgan fingerprint density at radius 3 is 2.94 bits per heavy atom. The first kappa shape index (κ1) is 10.7. The molecule has 1 aromatic carbocycles. The summed E-state index contributed by atoms with van der Waals surface area (Å²) in [5, 5.41) is 1.13. The average molecular weight is 213 g/mol. The molecule has 2 rings (SSSR count). The largest absolute Gasteiger partial charge is 0.347 e. The third-order valence-corrected chi connectivity index (χ3v) is 2.74. The van der Waals surface area contributed by atoms with Crippen molar-refractivity contribution in [3.8, 4) is 0 Å². The van der Waals surface area contributed by atoms with E-state index in [1.807, 2.05) is 24.3 Å². The quantitative estimate of drug-likeness (QED) is 0.424. The van der Waals surface area contributed by atoms with Crippen LogP contribution in [0.1, 0.15) is 23.2 Å². The first-order valence-corrected chi connectivity index (χ1v) is 5.50. The molecule has 0 saturated heterocycles. The Morgan fingerprint density at radius 2 is 2.19 bits per heavy atom. The van der Waals surface area contributed by atoms with Crippen LogP contribution < -0.4 is 0 Å². The van der Waals surface area contributed by atoms with E-state index < -0.39 is 0 Å². The number of rotatable bonds is 5. The Labute approximate surface area is 95.2 Å². The van der Waals surface area contributed by atoms with Crippen LogP contribution in [0.25, 0.3) is 10.9 Å². The summed E-state index contributed by atoms with van der Waals surface area (Å²) < 4.78 is 2.22. The van der Waals surface area contributed by atoms with Crippen molar-refractivity contribution in [3.63, 3.8) is 0 Å². The van der Waals surface area contributed by atoms with Crippen LogP contribution in [-0.2, 0) is 6.54 Å². The molecule has 2 aromatic rings. The summed E-state index contributed by atoms with van der Waals surface area (Å²) in [5.74, 6) is 0. The summed E-state index contributed by atoms with van der Waals surface area (Å²) >= 11 is 0. The third kappa shape index (κ3) is 2.06. The Morgan fingerprint density at radius 1 is 1.31 bits per heavy atom. The molecule has 0 amide bonds. The number of carbonyl (C=O) groups is 1. The second-order valence-electron chi connectivity index (χ2n) is 3.88. The number of aryl methyl sites for hydroxylation is 1. The van der Waals surface area contributed by atoms with Gasteiger partial charge in [-0.25, -0.2) is 0 Å². The molecule has 0 bridgehead atoms. The van der Waals surface area contributed by atoms with Crippen molar-refractivity contribution >= 4 is 17.2 Å². The molecule has 0 aliphatic carbocycles. The second kappa shape index (κ2) is 4.79. The number of aldehydes is 1. The molecule has 16 heavy (non-hydrogen) atoms. The summed E-state index contributed by atoms with van der Waals surface area (Å²) in [4.78, 5) is 10.6.